The Balaban J connectivity index is 1.66. The van der Waals surface area contributed by atoms with Crippen molar-refractivity contribution in [2.24, 2.45) is 0 Å². The summed E-state index contributed by atoms with van der Waals surface area (Å²) in [5, 5.41) is 4.44. The predicted molar refractivity (Wildman–Crippen MR) is 123 cm³/mol. The maximum absolute atomic E-state index is 12.1. The van der Waals surface area contributed by atoms with E-state index in [2.05, 4.69) is 5.32 Å². The van der Waals surface area contributed by atoms with Crippen LogP contribution in [0.1, 0.15) is 11.1 Å². The van der Waals surface area contributed by atoms with Crippen molar-refractivity contribution in [3.63, 3.8) is 0 Å². The van der Waals surface area contributed by atoms with Gasteiger partial charge in [-0.2, -0.15) is 0 Å². The molecule has 0 saturated carbocycles. The smallest absolute Gasteiger partial charge is 0.248 e. The maximum atomic E-state index is 12.1. The van der Waals surface area contributed by atoms with Gasteiger partial charge in [-0.05, 0) is 60.2 Å². The van der Waals surface area contributed by atoms with E-state index < -0.39 is 0 Å². The van der Waals surface area contributed by atoms with Crippen LogP contribution in [0.4, 0.5) is 5.69 Å². The Bertz CT molecular complexity index is 1050. The van der Waals surface area contributed by atoms with Gasteiger partial charge in [0, 0.05) is 32.4 Å². The van der Waals surface area contributed by atoms with Crippen LogP contribution >= 0.6 is 34.8 Å². The topological polar surface area (TPSA) is 47.6 Å². The van der Waals surface area contributed by atoms with Crippen LogP contribution < -0.4 is 14.8 Å². The van der Waals surface area contributed by atoms with Crippen molar-refractivity contribution in [1.29, 1.82) is 0 Å². The van der Waals surface area contributed by atoms with Gasteiger partial charge in [-0.25, -0.2) is 0 Å². The molecule has 0 spiro atoms. The molecule has 154 valence electrons. The van der Waals surface area contributed by atoms with E-state index in [1.54, 1.807) is 67.8 Å². The van der Waals surface area contributed by atoms with Crippen molar-refractivity contribution in [3.8, 4) is 11.5 Å². The molecule has 30 heavy (non-hydrogen) atoms. The first-order valence-corrected chi connectivity index (χ1v) is 10.1. The van der Waals surface area contributed by atoms with E-state index >= 15 is 0 Å². The second kappa shape index (κ2) is 10.4. The molecule has 0 aliphatic carbocycles. The highest BCUT2D eigenvalue weighted by molar-refractivity contribution is 6.36. The number of anilines is 1. The van der Waals surface area contributed by atoms with Gasteiger partial charge in [-0.15, -0.1) is 0 Å². The van der Waals surface area contributed by atoms with Crippen molar-refractivity contribution in [1.82, 2.24) is 0 Å². The molecule has 1 N–H and O–H groups in total. The lowest BCUT2D eigenvalue weighted by molar-refractivity contribution is -0.111. The lowest BCUT2D eigenvalue weighted by Gasteiger charge is -2.13. The molecule has 7 heteroatoms. The molecule has 4 nitrogen and oxygen atoms in total. The van der Waals surface area contributed by atoms with Gasteiger partial charge in [0.25, 0.3) is 0 Å². The van der Waals surface area contributed by atoms with E-state index in [0.29, 0.717) is 37.8 Å². The molecule has 1 amide bonds. The Morgan fingerprint density at radius 2 is 1.67 bits per heavy atom. The molecule has 3 aromatic carbocycles. The van der Waals surface area contributed by atoms with Gasteiger partial charge >= 0.3 is 0 Å². The van der Waals surface area contributed by atoms with Gasteiger partial charge < -0.3 is 14.8 Å². The van der Waals surface area contributed by atoms with E-state index in [-0.39, 0.29) is 12.5 Å². The molecule has 3 rings (SSSR count). The van der Waals surface area contributed by atoms with Crippen LogP contribution in [0.15, 0.2) is 66.7 Å². The summed E-state index contributed by atoms with van der Waals surface area (Å²) in [7, 11) is 1.55. The molecule has 0 bridgehead atoms. The number of methoxy groups -OCH3 is 1. The maximum Gasteiger partial charge on any atom is 0.248 e. The zero-order chi connectivity index (χ0) is 21.5. The lowest BCUT2D eigenvalue weighted by atomic mass is 10.2. The molecule has 0 aromatic heterocycles. The molecule has 0 aliphatic rings. The highest BCUT2D eigenvalue weighted by Gasteiger charge is 2.10. The van der Waals surface area contributed by atoms with Crippen molar-refractivity contribution < 1.29 is 14.3 Å². The molecule has 3 aromatic rings. The number of halogens is 3. The first-order valence-electron chi connectivity index (χ1n) is 8.94. The Kier molecular flexibility index (Phi) is 7.63. The first-order chi connectivity index (χ1) is 14.5. The number of rotatable bonds is 7. The number of carbonyl (C=O) groups is 1. The Hall–Kier alpha value is -2.66. The second-order valence-corrected chi connectivity index (χ2v) is 7.48. The SMILES string of the molecule is COc1cc(/C=C/C(=O)Nc2ccc(Cl)cc2)ccc1OCc1c(Cl)cccc1Cl. The highest BCUT2D eigenvalue weighted by Crippen LogP contribution is 2.31. The second-order valence-electron chi connectivity index (χ2n) is 6.23. The summed E-state index contributed by atoms with van der Waals surface area (Å²) in [6.45, 7) is 0.202. The number of amides is 1. The minimum Gasteiger partial charge on any atom is -0.493 e. The summed E-state index contributed by atoms with van der Waals surface area (Å²) in [5.41, 5.74) is 2.14. The predicted octanol–water partition coefficient (Wildman–Crippen LogP) is 6.89. The number of hydrogen-bond donors (Lipinski definition) is 1. The fourth-order valence-corrected chi connectivity index (χ4v) is 3.25. The molecule has 0 heterocycles. The van der Waals surface area contributed by atoms with Crippen molar-refractivity contribution in [2.45, 2.75) is 6.61 Å². The molecule has 0 radical (unpaired) electrons. The number of benzene rings is 3. The van der Waals surface area contributed by atoms with Crippen LogP contribution in [0.3, 0.4) is 0 Å². The van der Waals surface area contributed by atoms with E-state index in [4.69, 9.17) is 44.3 Å². The van der Waals surface area contributed by atoms with Crippen molar-refractivity contribution >= 4 is 52.5 Å². The number of ether oxygens (including phenoxy) is 2. The average Bonchev–Trinajstić information content (AvgIpc) is 2.74. The quantitative estimate of drug-likeness (QED) is 0.389. The summed E-state index contributed by atoms with van der Waals surface area (Å²) < 4.78 is 11.2. The third-order valence-corrected chi connectivity index (χ3v) is 5.12. The van der Waals surface area contributed by atoms with Crippen LogP contribution in [-0.4, -0.2) is 13.0 Å². The molecule has 0 unspecified atom stereocenters. The Labute approximate surface area is 190 Å². The summed E-state index contributed by atoms with van der Waals surface area (Å²) in [5.74, 6) is 0.805. The van der Waals surface area contributed by atoms with Gasteiger partial charge in [0.1, 0.15) is 6.61 Å². The minimum absolute atomic E-state index is 0.202. The molecule has 0 saturated heterocycles. The summed E-state index contributed by atoms with van der Waals surface area (Å²) >= 11 is 18.2. The third kappa shape index (κ3) is 5.92. The number of nitrogens with one attached hydrogen (secondary N) is 1. The molecular formula is C23H18Cl3NO3. The fraction of sp³-hybridized carbons (Fsp3) is 0.0870. The largest absolute Gasteiger partial charge is 0.493 e. The van der Waals surface area contributed by atoms with E-state index in [0.717, 1.165) is 5.56 Å². The molecule has 0 aliphatic heterocycles. The highest BCUT2D eigenvalue weighted by atomic mass is 35.5. The van der Waals surface area contributed by atoms with Gasteiger partial charge in [0.05, 0.1) is 7.11 Å². The molecule has 0 fully saturated rings. The number of carbonyl (C=O) groups excluding carboxylic acids is 1. The fourth-order valence-electron chi connectivity index (χ4n) is 2.62. The standard InChI is InChI=1S/C23H18Cl3NO3/c1-29-22-13-15(6-12-23(28)27-17-9-7-16(24)8-10-17)5-11-21(22)30-14-18-19(25)3-2-4-20(18)26/h2-13H,14H2,1H3,(H,27,28)/b12-6+. The molecule has 0 atom stereocenters. The Morgan fingerprint density at radius 1 is 0.967 bits per heavy atom. The van der Waals surface area contributed by atoms with Crippen molar-refractivity contribution in [3.05, 3.63) is 92.9 Å². The average molecular weight is 463 g/mol. The monoisotopic (exact) mass is 461 g/mol. The Morgan fingerprint density at radius 3 is 2.33 bits per heavy atom. The summed E-state index contributed by atoms with van der Waals surface area (Å²) in [6.07, 6.45) is 3.12. The first kappa shape index (κ1) is 22.0. The molecular weight excluding hydrogens is 445 g/mol. The number of hydrogen-bond acceptors (Lipinski definition) is 3. The zero-order valence-electron chi connectivity index (χ0n) is 16.0. The van der Waals surface area contributed by atoms with Crippen LogP contribution in [-0.2, 0) is 11.4 Å². The van der Waals surface area contributed by atoms with E-state index in [9.17, 15) is 4.79 Å². The van der Waals surface area contributed by atoms with Crippen LogP contribution in [0.5, 0.6) is 11.5 Å². The van der Waals surface area contributed by atoms with Crippen LogP contribution in [0.2, 0.25) is 15.1 Å². The summed E-state index contributed by atoms with van der Waals surface area (Å²) in [4.78, 5) is 12.1. The van der Waals surface area contributed by atoms with Crippen LogP contribution in [0, 0.1) is 0 Å². The van der Waals surface area contributed by atoms with Gasteiger partial charge in [0.2, 0.25) is 5.91 Å². The van der Waals surface area contributed by atoms with Gasteiger partial charge in [-0.3, -0.25) is 4.79 Å². The van der Waals surface area contributed by atoms with Crippen LogP contribution in [0.25, 0.3) is 6.08 Å². The summed E-state index contributed by atoms with van der Waals surface area (Å²) in [6, 6.07) is 17.5. The van der Waals surface area contributed by atoms with E-state index in [1.807, 2.05) is 6.07 Å². The normalized spacial score (nSPS) is 10.8. The van der Waals surface area contributed by atoms with Gasteiger partial charge in [0.15, 0.2) is 11.5 Å². The van der Waals surface area contributed by atoms with Crippen molar-refractivity contribution in [2.75, 3.05) is 12.4 Å². The lowest BCUT2D eigenvalue weighted by Crippen LogP contribution is -2.07. The minimum atomic E-state index is -0.259. The third-order valence-electron chi connectivity index (χ3n) is 4.16. The zero-order valence-corrected chi connectivity index (χ0v) is 18.3. The van der Waals surface area contributed by atoms with E-state index in [1.165, 1.54) is 6.08 Å². The van der Waals surface area contributed by atoms with Gasteiger partial charge in [-0.1, -0.05) is 46.9 Å².